The Morgan fingerprint density at radius 1 is 1.44 bits per heavy atom. The number of rotatable bonds is 3. The molecule has 2 aromatic heterocycles. The lowest BCUT2D eigenvalue weighted by Gasteiger charge is -2.01. The smallest absolute Gasteiger partial charge is 0.258 e. The molecule has 0 aliphatic heterocycles. The van der Waals surface area contributed by atoms with Crippen molar-refractivity contribution in [3.63, 3.8) is 0 Å². The number of anilines is 1. The Morgan fingerprint density at radius 3 is 2.81 bits per heavy atom. The summed E-state index contributed by atoms with van der Waals surface area (Å²) in [7, 11) is 0. The molecule has 0 atom stereocenters. The maximum absolute atomic E-state index is 11.8. The predicted octanol–water partition coefficient (Wildman–Crippen LogP) is 1.55. The van der Waals surface area contributed by atoms with E-state index in [0.29, 0.717) is 5.56 Å². The summed E-state index contributed by atoms with van der Waals surface area (Å²) in [4.78, 5) is 15.6. The van der Waals surface area contributed by atoms with Crippen LogP contribution in [-0.2, 0) is 6.54 Å². The van der Waals surface area contributed by atoms with Crippen LogP contribution < -0.4 is 5.32 Å². The molecule has 16 heavy (non-hydrogen) atoms. The molecule has 0 aliphatic carbocycles. The zero-order valence-corrected chi connectivity index (χ0v) is 8.92. The minimum Gasteiger partial charge on any atom is -0.322 e. The Balaban J connectivity index is 2.09. The first-order valence-corrected chi connectivity index (χ1v) is 5.03. The van der Waals surface area contributed by atoms with Gasteiger partial charge in [-0.2, -0.15) is 5.10 Å². The van der Waals surface area contributed by atoms with Gasteiger partial charge in [0.1, 0.15) is 0 Å². The van der Waals surface area contributed by atoms with Gasteiger partial charge in [0, 0.05) is 30.8 Å². The van der Waals surface area contributed by atoms with Gasteiger partial charge in [-0.1, -0.05) is 0 Å². The van der Waals surface area contributed by atoms with E-state index in [1.807, 2.05) is 6.92 Å². The fraction of sp³-hybridized carbons (Fsp3) is 0.182. The van der Waals surface area contributed by atoms with Gasteiger partial charge < -0.3 is 5.32 Å². The first-order chi connectivity index (χ1) is 7.79. The first-order valence-electron chi connectivity index (χ1n) is 5.03. The second-order valence-corrected chi connectivity index (χ2v) is 3.27. The van der Waals surface area contributed by atoms with E-state index in [4.69, 9.17) is 0 Å². The molecular weight excluding hydrogens is 204 g/mol. The fourth-order valence-corrected chi connectivity index (χ4v) is 1.29. The van der Waals surface area contributed by atoms with Crippen molar-refractivity contribution in [3.05, 3.63) is 42.5 Å². The standard InChI is InChI=1S/C11H12N4O/c1-2-15-8-9(7-13-15)11(16)14-10-3-5-12-6-4-10/h3-8H,2H2,1H3,(H,12,14,16). The minimum absolute atomic E-state index is 0.161. The van der Waals surface area contributed by atoms with Crippen molar-refractivity contribution in [2.75, 3.05) is 5.32 Å². The van der Waals surface area contributed by atoms with Crippen LogP contribution in [-0.4, -0.2) is 20.7 Å². The van der Waals surface area contributed by atoms with Crippen molar-refractivity contribution in [1.29, 1.82) is 0 Å². The van der Waals surface area contributed by atoms with E-state index in [1.165, 1.54) is 0 Å². The molecule has 1 amide bonds. The van der Waals surface area contributed by atoms with Crippen LogP contribution in [0.3, 0.4) is 0 Å². The van der Waals surface area contributed by atoms with Crippen molar-refractivity contribution in [2.24, 2.45) is 0 Å². The third-order valence-corrected chi connectivity index (χ3v) is 2.16. The molecule has 5 heteroatoms. The average molecular weight is 216 g/mol. The number of hydrogen-bond donors (Lipinski definition) is 1. The van der Waals surface area contributed by atoms with Gasteiger partial charge in [-0.15, -0.1) is 0 Å². The summed E-state index contributed by atoms with van der Waals surface area (Å²) < 4.78 is 1.71. The van der Waals surface area contributed by atoms with Gasteiger partial charge in [-0.25, -0.2) is 0 Å². The van der Waals surface area contributed by atoms with Gasteiger partial charge in [0.2, 0.25) is 0 Å². The van der Waals surface area contributed by atoms with E-state index in [0.717, 1.165) is 12.2 Å². The number of pyridine rings is 1. The lowest BCUT2D eigenvalue weighted by Crippen LogP contribution is -2.11. The monoisotopic (exact) mass is 216 g/mol. The van der Waals surface area contributed by atoms with E-state index < -0.39 is 0 Å². The van der Waals surface area contributed by atoms with Crippen LogP contribution in [0.5, 0.6) is 0 Å². The lowest BCUT2D eigenvalue weighted by atomic mass is 10.3. The van der Waals surface area contributed by atoms with Crippen molar-refractivity contribution in [2.45, 2.75) is 13.5 Å². The average Bonchev–Trinajstić information content (AvgIpc) is 2.79. The molecule has 2 heterocycles. The molecule has 0 saturated carbocycles. The zero-order chi connectivity index (χ0) is 11.4. The molecule has 0 aliphatic rings. The van der Waals surface area contributed by atoms with E-state index in [2.05, 4.69) is 15.4 Å². The van der Waals surface area contributed by atoms with E-state index in [1.54, 1.807) is 41.6 Å². The van der Waals surface area contributed by atoms with Crippen LogP contribution in [0.1, 0.15) is 17.3 Å². The molecule has 1 N–H and O–H groups in total. The second-order valence-electron chi connectivity index (χ2n) is 3.27. The van der Waals surface area contributed by atoms with Gasteiger partial charge in [-0.3, -0.25) is 14.5 Å². The van der Waals surface area contributed by atoms with Crippen molar-refractivity contribution >= 4 is 11.6 Å². The molecular formula is C11H12N4O. The van der Waals surface area contributed by atoms with Crippen molar-refractivity contribution in [1.82, 2.24) is 14.8 Å². The highest BCUT2D eigenvalue weighted by Gasteiger charge is 2.07. The Labute approximate surface area is 93.1 Å². The molecule has 0 saturated heterocycles. The van der Waals surface area contributed by atoms with Crippen LogP contribution in [0, 0.1) is 0 Å². The highest BCUT2D eigenvalue weighted by atomic mass is 16.1. The Kier molecular flexibility index (Phi) is 2.95. The summed E-state index contributed by atoms with van der Waals surface area (Å²) in [6, 6.07) is 3.48. The van der Waals surface area contributed by atoms with Gasteiger partial charge in [0.05, 0.1) is 11.8 Å². The van der Waals surface area contributed by atoms with Crippen LogP contribution in [0.15, 0.2) is 36.9 Å². The molecule has 0 spiro atoms. The highest BCUT2D eigenvalue weighted by molar-refractivity contribution is 6.03. The van der Waals surface area contributed by atoms with Gasteiger partial charge in [-0.05, 0) is 19.1 Å². The number of carbonyl (C=O) groups excluding carboxylic acids is 1. The summed E-state index contributed by atoms with van der Waals surface area (Å²) >= 11 is 0. The van der Waals surface area contributed by atoms with Crippen molar-refractivity contribution < 1.29 is 4.79 Å². The normalized spacial score (nSPS) is 10.1. The Morgan fingerprint density at radius 2 is 2.19 bits per heavy atom. The molecule has 82 valence electrons. The number of amides is 1. The molecule has 0 bridgehead atoms. The van der Waals surface area contributed by atoms with E-state index in [-0.39, 0.29) is 5.91 Å². The highest BCUT2D eigenvalue weighted by Crippen LogP contribution is 2.06. The van der Waals surface area contributed by atoms with Crippen LogP contribution in [0.4, 0.5) is 5.69 Å². The molecule has 2 aromatic rings. The summed E-state index contributed by atoms with van der Waals surface area (Å²) in [5.41, 5.74) is 1.28. The van der Waals surface area contributed by atoms with Crippen LogP contribution in [0.2, 0.25) is 0 Å². The number of carbonyl (C=O) groups is 1. The SMILES string of the molecule is CCn1cc(C(=O)Nc2ccncc2)cn1. The fourth-order valence-electron chi connectivity index (χ4n) is 1.29. The Bertz CT molecular complexity index is 478. The second kappa shape index (κ2) is 4.57. The molecule has 0 radical (unpaired) electrons. The quantitative estimate of drug-likeness (QED) is 0.846. The Hall–Kier alpha value is -2.17. The van der Waals surface area contributed by atoms with Gasteiger partial charge in [0.15, 0.2) is 0 Å². The summed E-state index contributed by atoms with van der Waals surface area (Å²) in [5, 5.41) is 6.80. The topological polar surface area (TPSA) is 59.8 Å². The minimum atomic E-state index is -0.161. The maximum Gasteiger partial charge on any atom is 0.258 e. The molecule has 2 rings (SSSR count). The first kappa shape index (κ1) is 10.4. The van der Waals surface area contributed by atoms with Crippen LogP contribution >= 0.6 is 0 Å². The van der Waals surface area contributed by atoms with Crippen LogP contribution in [0.25, 0.3) is 0 Å². The van der Waals surface area contributed by atoms with Gasteiger partial charge >= 0.3 is 0 Å². The number of nitrogens with one attached hydrogen (secondary N) is 1. The van der Waals surface area contributed by atoms with E-state index >= 15 is 0 Å². The molecule has 0 fully saturated rings. The molecule has 0 unspecified atom stereocenters. The summed E-state index contributed by atoms with van der Waals surface area (Å²) in [6.07, 6.45) is 6.53. The van der Waals surface area contributed by atoms with Crippen molar-refractivity contribution in [3.8, 4) is 0 Å². The van der Waals surface area contributed by atoms with Gasteiger partial charge in [0.25, 0.3) is 5.91 Å². The number of hydrogen-bond acceptors (Lipinski definition) is 3. The molecule has 0 aromatic carbocycles. The third-order valence-electron chi connectivity index (χ3n) is 2.16. The number of nitrogens with zero attached hydrogens (tertiary/aromatic N) is 3. The largest absolute Gasteiger partial charge is 0.322 e. The third kappa shape index (κ3) is 2.25. The summed E-state index contributed by atoms with van der Waals surface area (Å²) in [6.45, 7) is 2.72. The summed E-state index contributed by atoms with van der Waals surface area (Å²) in [5.74, 6) is -0.161. The predicted molar refractivity (Wildman–Crippen MR) is 60.1 cm³/mol. The number of aryl methyl sites for hydroxylation is 1. The maximum atomic E-state index is 11.8. The number of aromatic nitrogens is 3. The molecule has 5 nitrogen and oxygen atoms in total. The zero-order valence-electron chi connectivity index (χ0n) is 8.92. The van der Waals surface area contributed by atoms with E-state index in [9.17, 15) is 4.79 Å². The lowest BCUT2D eigenvalue weighted by molar-refractivity contribution is 0.102.